The molecule has 0 radical (unpaired) electrons. The highest BCUT2D eigenvalue weighted by Gasteiger charge is 2.36. The van der Waals surface area contributed by atoms with E-state index in [-0.39, 0.29) is 19.1 Å². The Kier molecular flexibility index (Phi) is 4.66. The van der Waals surface area contributed by atoms with Crippen molar-refractivity contribution in [1.29, 1.82) is 0 Å². The molecule has 0 spiro atoms. The molecule has 9 heteroatoms. The summed E-state index contributed by atoms with van der Waals surface area (Å²) in [5.41, 5.74) is 0.660. The minimum absolute atomic E-state index is 0.158. The van der Waals surface area contributed by atoms with E-state index in [2.05, 4.69) is 20.8 Å². The van der Waals surface area contributed by atoms with Crippen LogP contribution in [-0.4, -0.2) is 49.4 Å². The number of nitrogens with zero attached hydrogens (tertiary/aromatic N) is 5. The highest BCUT2D eigenvalue weighted by Crippen LogP contribution is 2.27. The van der Waals surface area contributed by atoms with Crippen LogP contribution in [0.3, 0.4) is 0 Å². The molecule has 0 unspecified atom stereocenters. The zero-order valence-corrected chi connectivity index (χ0v) is 14.8. The molecule has 1 aliphatic heterocycles. The predicted molar refractivity (Wildman–Crippen MR) is 93.6 cm³/mol. The summed E-state index contributed by atoms with van der Waals surface area (Å²) in [6, 6.07) is 6.83. The van der Waals surface area contributed by atoms with E-state index in [0.717, 1.165) is 30.6 Å². The standard InChI is InChI=1S/C18H20N6O3/c25-16(11-23-17(26)13-8-4-5-9-14(13)18(23)27)19-10-15-20-21-22-24(15)12-6-2-1-3-7-12/h4-5,8-9,12H,1-3,6-7,10-11H2,(H,19,25). The SMILES string of the molecule is O=C(CN1C(=O)c2ccccc2C1=O)NCc1nnnn1C1CCCCC1. The topological polar surface area (TPSA) is 110 Å². The summed E-state index contributed by atoms with van der Waals surface area (Å²) < 4.78 is 1.78. The van der Waals surface area contributed by atoms with Crippen molar-refractivity contribution in [3.05, 3.63) is 41.2 Å². The molecule has 2 aromatic rings. The van der Waals surface area contributed by atoms with Crippen LogP contribution >= 0.6 is 0 Å². The van der Waals surface area contributed by atoms with E-state index in [9.17, 15) is 14.4 Å². The van der Waals surface area contributed by atoms with Gasteiger partial charge in [0, 0.05) is 0 Å². The first-order chi connectivity index (χ1) is 13.1. The quantitative estimate of drug-likeness (QED) is 0.791. The number of carbonyl (C=O) groups is 3. The lowest BCUT2D eigenvalue weighted by Crippen LogP contribution is -2.40. The van der Waals surface area contributed by atoms with Gasteiger partial charge in [-0.25, -0.2) is 4.68 Å². The number of imide groups is 1. The number of amides is 3. The molecule has 4 rings (SSSR count). The Morgan fingerprint density at radius 1 is 1.07 bits per heavy atom. The highest BCUT2D eigenvalue weighted by molar-refractivity contribution is 6.22. The number of rotatable bonds is 5. The molecule has 1 aliphatic carbocycles. The molecule has 140 valence electrons. The van der Waals surface area contributed by atoms with Crippen molar-refractivity contribution in [1.82, 2.24) is 30.4 Å². The molecule has 2 aliphatic rings. The summed E-state index contributed by atoms with van der Waals surface area (Å²) in [7, 11) is 0. The zero-order chi connectivity index (χ0) is 18.8. The zero-order valence-electron chi connectivity index (χ0n) is 14.8. The summed E-state index contributed by atoms with van der Waals surface area (Å²) in [6.45, 7) is -0.164. The Morgan fingerprint density at radius 3 is 2.41 bits per heavy atom. The van der Waals surface area contributed by atoms with Gasteiger partial charge >= 0.3 is 0 Å². The molecule has 1 aromatic carbocycles. The van der Waals surface area contributed by atoms with Crippen LogP contribution in [0.15, 0.2) is 24.3 Å². The lowest BCUT2D eigenvalue weighted by atomic mass is 9.95. The van der Waals surface area contributed by atoms with Crippen LogP contribution in [0.4, 0.5) is 0 Å². The Labute approximate surface area is 155 Å². The fourth-order valence-corrected chi connectivity index (χ4v) is 3.70. The van der Waals surface area contributed by atoms with Crippen LogP contribution in [0.5, 0.6) is 0 Å². The van der Waals surface area contributed by atoms with Gasteiger partial charge < -0.3 is 5.32 Å². The number of hydrogen-bond acceptors (Lipinski definition) is 6. The van der Waals surface area contributed by atoms with E-state index in [1.807, 2.05) is 0 Å². The van der Waals surface area contributed by atoms with Gasteiger partial charge in [-0.1, -0.05) is 31.4 Å². The van der Waals surface area contributed by atoms with E-state index in [4.69, 9.17) is 0 Å². The van der Waals surface area contributed by atoms with Gasteiger partial charge in [-0.2, -0.15) is 0 Å². The minimum Gasteiger partial charge on any atom is -0.347 e. The number of hydrogen-bond donors (Lipinski definition) is 1. The second kappa shape index (κ2) is 7.26. The van der Waals surface area contributed by atoms with Crippen LogP contribution in [-0.2, 0) is 11.3 Å². The molecule has 1 aromatic heterocycles. The minimum atomic E-state index is -0.446. The van der Waals surface area contributed by atoms with Crippen molar-refractivity contribution in [2.24, 2.45) is 0 Å². The summed E-state index contributed by atoms with van der Waals surface area (Å²) in [6.07, 6.45) is 5.58. The normalized spacial score (nSPS) is 17.3. The van der Waals surface area contributed by atoms with Crippen LogP contribution in [0.25, 0.3) is 0 Å². The Hall–Kier alpha value is -3.10. The molecule has 27 heavy (non-hydrogen) atoms. The average molecular weight is 368 g/mol. The summed E-state index contributed by atoms with van der Waals surface area (Å²) >= 11 is 0. The second-order valence-corrected chi connectivity index (χ2v) is 6.85. The fourth-order valence-electron chi connectivity index (χ4n) is 3.70. The Morgan fingerprint density at radius 2 is 1.74 bits per heavy atom. The van der Waals surface area contributed by atoms with Crippen molar-refractivity contribution >= 4 is 17.7 Å². The van der Waals surface area contributed by atoms with Gasteiger partial charge in [0.15, 0.2) is 5.82 Å². The molecule has 0 bridgehead atoms. The number of aromatic nitrogens is 4. The Bertz CT molecular complexity index is 852. The molecule has 1 saturated carbocycles. The summed E-state index contributed by atoms with van der Waals surface area (Å²) in [5.74, 6) is -0.740. The predicted octanol–water partition coefficient (Wildman–Crippen LogP) is 1.09. The van der Waals surface area contributed by atoms with Crippen LogP contribution < -0.4 is 5.32 Å². The number of tetrazole rings is 1. The second-order valence-electron chi connectivity index (χ2n) is 6.85. The van der Waals surface area contributed by atoms with Crippen LogP contribution in [0.1, 0.15) is 64.7 Å². The summed E-state index contributed by atoms with van der Waals surface area (Å²) in [5, 5.41) is 14.5. The van der Waals surface area contributed by atoms with Crippen LogP contribution in [0, 0.1) is 0 Å². The van der Waals surface area contributed by atoms with Crippen molar-refractivity contribution < 1.29 is 14.4 Å². The average Bonchev–Trinajstić information content (AvgIpc) is 3.26. The third kappa shape index (κ3) is 3.32. The van der Waals surface area contributed by atoms with Crippen molar-refractivity contribution in [3.63, 3.8) is 0 Å². The molecule has 0 atom stereocenters. The highest BCUT2D eigenvalue weighted by atomic mass is 16.2. The van der Waals surface area contributed by atoms with Gasteiger partial charge in [0.05, 0.1) is 23.7 Å². The first kappa shape index (κ1) is 17.3. The molecule has 0 saturated heterocycles. The monoisotopic (exact) mass is 368 g/mol. The van der Waals surface area contributed by atoms with Crippen molar-refractivity contribution in [2.75, 3.05) is 6.54 Å². The fraction of sp³-hybridized carbons (Fsp3) is 0.444. The molecule has 3 amide bonds. The molecule has 9 nitrogen and oxygen atoms in total. The van der Waals surface area contributed by atoms with Gasteiger partial charge in [0.2, 0.25) is 5.91 Å². The largest absolute Gasteiger partial charge is 0.347 e. The lowest BCUT2D eigenvalue weighted by Gasteiger charge is -2.22. The van der Waals surface area contributed by atoms with Crippen molar-refractivity contribution in [2.45, 2.75) is 44.7 Å². The molecule has 2 heterocycles. The number of nitrogens with one attached hydrogen (secondary N) is 1. The first-order valence-corrected chi connectivity index (χ1v) is 9.14. The molecular weight excluding hydrogens is 348 g/mol. The van der Waals surface area contributed by atoms with E-state index < -0.39 is 17.7 Å². The van der Waals surface area contributed by atoms with Gasteiger partial charge in [-0.05, 0) is 35.4 Å². The van der Waals surface area contributed by atoms with Gasteiger partial charge in [-0.15, -0.1) is 5.10 Å². The van der Waals surface area contributed by atoms with Gasteiger partial charge in [-0.3, -0.25) is 19.3 Å². The van der Waals surface area contributed by atoms with Crippen molar-refractivity contribution in [3.8, 4) is 0 Å². The number of carbonyl (C=O) groups excluding carboxylic acids is 3. The van der Waals surface area contributed by atoms with E-state index in [1.165, 1.54) is 6.42 Å². The smallest absolute Gasteiger partial charge is 0.262 e. The maximum atomic E-state index is 12.3. The van der Waals surface area contributed by atoms with Crippen LogP contribution in [0.2, 0.25) is 0 Å². The maximum absolute atomic E-state index is 12.3. The van der Waals surface area contributed by atoms with E-state index in [0.29, 0.717) is 17.0 Å². The third-order valence-corrected chi connectivity index (χ3v) is 5.11. The van der Waals surface area contributed by atoms with E-state index >= 15 is 0 Å². The summed E-state index contributed by atoms with van der Waals surface area (Å²) in [4.78, 5) is 37.9. The van der Waals surface area contributed by atoms with E-state index in [1.54, 1.807) is 28.9 Å². The first-order valence-electron chi connectivity index (χ1n) is 9.14. The lowest BCUT2D eigenvalue weighted by molar-refractivity contribution is -0.121. The molecular formula is C18H20N6O3. The Balaban J connectivity index is 1.37. The maximum Gasteiger partial charge on any atom is 0.262 e. The number of benzene rings is 1. The molecule has 1 fully saturated rings. The third-order valence-electron chi connectivity index (χ3n) is 5.11. The molecule has 1 N–H and O–H groups in total. The van der Waals surface area contributed by atoms with Gasteiger partial charge in [0.25, 0.3) is 11.8 Å². The van der Waals surface area contributed by atoms with Gasteiger partial charge in [0.1, 0.15) is 6.54 Å². The number of fused-ring (bicyclic) bond motifs is 1.